The summed E-state index contributed by atoms with van der Waals surface area (Å²) in [5.41, 5.74) is 0.999. The van der Waals surface area contributed by atoms with E-state index >= 15 is 0 Å². The van der Waals surface area contributed by atoms with Crippen molar-refractivity contribution in [2.45, 2.75) is 6.61 Å². The monoisotopic (exact) mass is 426 g/mol. The van der Waals surface area contributed by atoms with Crippen LogP contribution in [-0.4, -0.2) is 34.4 Å². The summed E-state index contributed by atoms with van der Waals surface area (Å²) in [6.45, 7) is -0.0904. The number of carbonyl (C=O) groups excluding carboxylic acids is 1. The molecule has 0 amide bonds. The summed E-state index contributed by atoms with van der Waals surface area (Å²) >= 11 is 0. The molecule has 162 valence electrons. The highest BCUT2D eigenvalue weighted by Gasteiger charge is 2.13. The summed E-state index contributed by atoms with van der Waals surface area (Å²) < 4.78 is 31.5. The topological polar surface area (TPSA) is 93.4 Å². The lowest BCUT2D eigenvalue weighted by Gasteiger charge is -2.12. The van der Waals surface area contributed by atoms with E-state index in [1.165, 1.54) is 40.6 Å². The second kappa shape index (κ2) is 9.71. The normalized spacial score (nSPS) is 10.8. The van der Waals surface area contributed by atoms with Crippen LogP contribution < -0.4 is 24.6 Å². The summed E-state index contributed by atoms with van der Waals surface area (Å²) in [5.74, 6) is 1.36. The Morgan fingerprint density at radius 1 is 0.935 bits per heavy atom. The number of rotatable bonds is 8. The van der Waals surface area contributed by atoms with Gasteiger partial charge in [0.25, 0.3) is 0 Å². The van der Waals surface area contributed by atoms with Gasteiger partial charge in [-0.15, -0.1) is 0 Å². The molecule has 1 aromatic heterocycles. The van der Waals surface area contributed by atoms with Gasteiger partial charge in [-0.2, -0.15) is 0 Å². The van der Waals surface area contributed by atoms with Gasteiger partial charge in [0.15, 0.2) is 11.5 Å². The van der Waals surface area contributed by atoms with Gasteiger partial charge in [0.05, 0.1) is 28.4 Å². The fraction of sp³-hybridized carbons (Fsp3) is 0.217. The minimum Gasteiger partial charge on any atom is -0.497 e. The van der Waals surface area contributed by atoms with Crippen LogP contribution in [0.4, 0.5) is 0 Å². The van der Waals surface area contributed by atoms with Gasteiger partial charge in [-0.25, -0.2) is 9.59 Å². The molecule has 0 aliphatic carbocycles. The average Bonchev–Trinajstić information content (AvgIpc) is 2.79. The van der Waals surface area contributed by atoms with Gasteiger partial charge in [0, 0.05) is 29.2 Å². The predicted molar refractivity (Wildman–Crippen MR) is 114 cm³/mol. The molecule has 0 saturated heterocycles. The van der Waals surface area contributed by atoms with Crippen LogP contribution in [0, 0.1) is 0 Å². The average molecular weight is 426 g/mol. The smallest absolute Gasteiger partial charge is 0.336 e. The Morgan fingerprint density at radius 2 is 1.65 bits per heavy atom. The largest absolute Gasteiger partial charge is 0.497 e. The Labute approximate surface area is 178 Å². The molecule has 2 aromatic carbocycles. The third-order valence-electron chi connectivity index (χ3n) is 4.51. The number of ether oxygens (including phenoxy) is 5. The molecule has 0 fully saturated rings. The number of fused-ring (bicyclic) bond motifs is 1. The second-order valence-corrected chi connectivity index (χ2v) is 6.35. The Kier molecular flexibility index (Phi) is 6.81. The maximum absolute atomic E-state index is 12.2. The zero-order chi connectivity index (χ0) is 22.4. The van der Waals surface area contributed by atoms with Crippen molar-refractivity contribution in [3.8, 4) is 23.0 Å². The molecule has 0 radical (unpaired) electrons. The third kappa shape index (κ3) is 4.98. The molecular weight excluding hydrogens is 404 g/mol. The van der Waals surface area contributed by atoms with Crippen molar-refractivity contribution in [2.75, 3.05) is 28.4 Å². The van der Waals surface area contributed by atoms with Crippen LogP contribution in [-0.2, 0) is 16.1 Å². The highest BCUT2D eigenvalue weighted by atomic mass is 16.5. The fourth-order valence-corrected chi connectivity index (χ4v) is 3.02. The van der Waals surface area contributed by atoms with Crippen molar-refractivity contribution in [3.63, 3.8) is 0 Å². The van der Waals surface area contributed by atoms with E-state index < -0.39 is 11.6 Å². The Morgan fingerprint density at radius 3 is 2.26 bits per heavy atom. The molecule has 0 aliphatic heterocycles. The first kappa shape index (κ1) is 21.8. The Bertz CT molecular complexity index is 1150. The van der Waals surface area contributed by atoms with Crippen molar-refractivity contribution in [3.05, 3.63) is 64.0 Å². The summed E-state index contributed by atoms with van der Waals surface area (Å²) in [7, 11) is 6.05. The van der Waals surface area contributed by atoms with Crippen LogP contribution in [0.2, 0.25) is 0 Å². The highest BCUT2D eigenvalue weighted by molar-refractivity contribution is 5.88. The molecule has 8 heteroatoms. The zero-order valence-electron chi connectivity index (χ0n) is 17.6. The van der Waals surface area contributed by atoms with Gasteiger partial charge in [-0.1, -0.05) is 0 Å². The molecule has 0 unspecified atom stereocenters. The number of hydrogen-bond donors (Lipinski definition) is 0. The minimum atomic E-state index is -0.580. The van der Waals surface area contributed by atoms with Crippen LogP contribution in [0.3, 0.4) is 0 Å². The van der Waals surface area contributed by atoms with Crippen molar-refractivity contribution < 1.29 is 32.9 Å². The number of methoxy groups -OCH3 is 4. The molecule has 8 nitrogen and oxygen atoms in total. The molecule has 31 heavy (non-hydrogen) atoms. The second-order valence-electron chi connectivity index (χ2n) is 6.35. The van der Waals surface area contributed by atoms with Crippen LogP contribution in [0.5, 0.6) is 23.0 Å². The van der Waals surface area contributed by atoms with Gasteiger partial charge in [-0.3, -0.25) is 0 Å². The molecule has 0 atom stereocenters. The van der Waals surface area contributed by atoms with Crippen LogP contribution in [0.25, 0.3) is 17.0 Å². The molecule has 3 rings (SSSR count). The van der Waals surface area contributed by atoms with Gasteiger partial charge in [0.2, 0.25) is 5.75 Å². The van der Waals surface area contributed by atoms with Crippen molar-refractivity contribution in [2.24, 2.45) is 0 Å². The molecule has 0 aliphatic rings. The van der Waals surface area contributed by atoms with Gasteiger partial charge in [-0.05, 0) is 35.9 Å². The Balaban J connectivity index is 1.76. The lowest BCUT2D eigenvalue weighted by atomic mass is 10.1. The van der Waals surface area contributed by atoms with Gasteiger partial charge in [0.1, 0.15) is 17.9 Å². The molecule has 3 aromatic rings. The molecule has 0 N–H and O–H groups in total. The maximum atomic E-state index is 12.2. The van der Waals surface area contributed by atoms with Gasteiger partial charge < -0.3 is 28.1 Å². The van der Waals surface area contributed by atoms with E-state index in [-0.39, 0.29) is 6.61 Å². The molecule has 0 spiro atoms. The summed E-state index contributed by atoms with van der Waals surface area (Å²) in [4.78, 5) is 24.1. The minimum absolute atomic E-state index is 0.0904. The van der Waals surface area contributed by atoms with Crippen molar-refractivity contribution >= 4 is 23.0 Å². The fourth-order valence-electron chi connectivity index (χ4n) is 3.02. The van der Waals surface area contributed by atoms with Crippen molar-refractivity contribution in [1.82, 2.24) is 0 Å². The first-order chi connectivity index (χ1) is 15.0. The van der Waals surface area contributed by atoms with E-state index in [9.17, 15) is 9.59 Å². The van der Waals surface area contributed by atoms with E-state index in [2.05, 4.69) is 0 Å². The SMILES string of the molecule is COc1ccc2c(COC(=O)C=Cc3cc(OC)c(OC)c(OC)c3)cc(=O)oc2c1. The first-order valence-electron chi connectivity index (χ1n) is 9.24. The first-order valence-corrected chi connectivity index (χ1v) is 9.24. The van der Waals surface area contributed by atoms with E-state index in [0.717, 1.165) is 0 Å². The number of benzene rings is 2. The third-order valence-corrected chi connectivity index (χ3v) is 4.51. The summed E-state index contributed by atoms with van der Waals surface area (Å²) in [5, 5.41) is 0.654. The maximum Gasteiger partial charge on any atom is 0.336 e. The zero-order valence-corrected chi connectivity index (χ0v) is 17.6. The highest BCUT2D eigenvalue weighted by Crippen LogP contribution is 2.38. The number of hydrogen-bond acceptors (Lipinski definition) is 8. The standard InChI is InChI=1S/C23H22O8/c1-26-16-6-7-17-15(11-22(25)31-18(17)12-16)13-30-21(24)8-5-14-9-19(27-2)23(29-4)20(10-14)28-3/h5-12H,13H2,1-4H3. The van der Waals surface area contributed by atoms with E-state index in [1.54, 1.807) is 36.4 Å². The lowest BCUT2D eigenvalue weighted by molar-refractivity contribution is -0.138. The molecule has 0 saturated carbocycles. The quantitative estimate of drug-likeness (QED) is 0.307. The lowest BCUT2D eigenvalue weighted by Crippen LogP contribution is -2.05. The van der Waals surface area contributed by atoms with Crippen LogP contribution >= 0.6 is 0 Å². The summed E-state index contributed by atoms with van der Waals surface area (Å²) in [6, 6.07) is 9.78. The van der Waals surface area contributed by atoms with Crippen LogP contribution in [0.1, 0.15) is 11.1 Å². The Hall–Kier alpha value is -3.94. The summed E-state index contributed by atoms with van der Waals surface area (Å²) in [6.07, 6.45) is 2.84. The van der Waals surface area contributed by atoms with Gasteiger partial charge >= 0.3 is 11.6 Å². The molecular formula is C23H22O8. The van der Waals surface area contributed by atoms with Crippen molar-refractivity contribution in [1.29, 1.82) is 0 Å². The molecule has 0 bridgehead atoms. The predicted octanol–water partition coefficient (Wildman–Crippen LogP) is 3.58. The van der Waals surface area contributed by atoms with E-state index in [4.69, 9.17) is 28.1 Å². The number of esters is 1. The molecule has 1 heterocycles. The van der Waals surface area contributed by atoms with Crippen LogP contribution in [0.15, 0.2) is 51.7 Å². The van der Waals surface area contributed by atoms with E-state index in [1.807, 2.05) is 0 Å². The number of carbonyl (C=O) groups is 1. The van der Waals surface area contributed by atoms with E-state index in [0.29, 0.717) is 45.1 Å².